The monoisotopic (exact) mass is 184 g/mol. The molecule has 1 rings (SSSR count). The summed E-state index contributed by atoms with van der Waals surface area (Å²) in [6.07, 6.45) is 3.66. The predicted octanol–water partition coefficient (Wildman–Crippen LogP) is 1.12. The third kappa shape index (κ3) is 2.82. The van der Waals surface area contributed by atoms with E-state index in [4.69, 9.17) is 4.74 Å². The zero-order chi connectivity index (χ0) is 9.68. The van der Waals surface area contributed by atoms with Crippen LogP contribution in [0.3, 0.4) is 0 Å². The summed E-state index contributed by atoms with van der Waals surface area (Å²) in [7, 11) is 1.66. The predicted molar refractivity (Wildman–Crippen MR) is 49.2 cm³/mol. The number of aromatic amines is 1. The molecular formula is C9H16N2O2. The van der Waals surface area contributed by atoms with Crippen LogP contribution in [-0.2, 0) is 4.74 Å². The van der Waals surface area contributed by atoms with Crippen LogP contribution in [0.15, 0.2) is 12.4 Å². The van der Waals surface area contributed by atoms with Gasteiger partial charge in [0, 0.05) is 26.1 Å². The Bertz CT molecular complexity index is 224. The lowest BCUT2D eigenvalue weighted by Crippen LogP contribution is -2.12. The molecule has 0 bridgehead atoms. The molecule has 0 aliphatic rings. The Balaban J connectivity index is 2.43. The molecule has 0 aliphatic carbocycles. The standard InChI is InChI=1S/C9H16N2O2/c1-7(3-6-13-2)8(12)9-10-4-5-11-9/h4-5,7-8,12H,3,6H2,1-2H3,(H,10,11). The second kappa shape index (κ2) is 4.99. The zero-order valence-electron chi connectivity index (χ0n) is 8.03. The van der Waals surface area contributed by atoms with E-state index in [0.717, 1.165) is 6.42 Å². The fraction of sp³-hybridized carbons (Fsp3) is 0.667. The van der Waals surface area contributed by atoms with Crippen molar-refractivity contribution in [3.8, 4) is 0 Å². The average molecular weight is 184 g/mol. The van der Waals surface area contributed by atoms with Gasteiger partial charge in [0.2, 0.25) is 0 Å². The van der Waals surface area contributed by atoms with Crippen LogP contribution in [0, 0.1) is 5.92 Å². The maximum absolute atomic E-state index is 9.76. The number of aromatic nitrogens is 2. The lowest BCUT2D eigenvalue weighted by atomic mass is 10.0. The van der Waals surface area contributed by atoms with E-state index in [0.29, 0.717) is 12.4 Å². The molecule has 0 saturated heterocycles. The van der Waals surface area contributed by atoms with Gasteiger partial charge in [-0.1, -0.05) is 6.92 Å². The van der Waals surface area contributed by atoms with Crippen molar-refractivity contribution in [3.05, 3.63) is 18.2 Å². The summed E-state index contributed by atoms with van der Waals surface area (Å²) < 4.78 is 4.94. The number of H-pyrrole nitrogens is 1. The van der Waals surface area contributed by atoms with Crippen LogP contribution in [0.5, 0.6) is 0 Å². The topological polar surface area (TPSA) is 58.1 Å². The molecular weight excluding hydrogens is 168 g/mol. The van der Waals surface area contributed by atoms with E-state index >= 15 is 0 Å². The van der Waals surface area contributed by atoms with Gasteiger partial charge in [-0.05, 0) is 12.3 Å². The van der Waals surface area contributed by atoms with Gasteiger partial charge >= 0.3 is 0 Å². The van der Waals surface area contributed by atoms with Gasteiger partial charge in [-0.3, -0.25) is 0 Å². The summed E-state index contributed by atoms with van der Waals surface area (Å²) >= 11 is 0. The van der Waals surface area contributed by atoms with Crippen molar-refractivity contribution < 1.29 is 9.84 Å². The van der Waals surface area contributed by atoms with Crippen LogP contribution >= 0.6 is 0 Å². The average Bonchev–Trinajstić information content (AvgIpc) is 2.65. The van der Waals surface area contributed by atoms with Crippen molar-refractivity contribution >= 4 is 0 Å². The molecule has 1 aromatic rings. The number of nitrogens with zero attached hydrogens (tertiary/aromatic N) is 1. The van der Waals surface area contributed by atoms with Crippen LogP contribution in [0.25, 0.3) is 0 Å². The van der Waals surface area contributed by atoms with Crippen LogP contribution < -0.4 is 0 Å². The van der Waals surface area contributed by atoms with Crippen molar-refractivity contribution in [2.24, 2.45) is 5.92 Å². The van der Waals surface area contributed by atoms with Crippen LogP contribution in [0.1, 0.15) is 25.3 Å². The normalized spacial score (nSPS) is 15.6. The lowest BCUT2D eigenvalue weighted by molar-refractivity contribution is 0.0827. The highest BCUT2D eigenvalue weighted by molar-refractivity contribution is 4.93. The van der Waals surface area contributed by atoms with Crippen LogP contribution in [0.2, 0.25) is 0 Å². The van der Waals surface area contributed by atoms with Crippen LogP contribution in [0.4, 0.5) is 0 Å². The highest BCUT2D eigenvalue weighted by Crippen LogP contribution is 2.20. The van der Waals surface area contributed by atoms with E-state index in [1.165, 1.54) is 0 Å². The summed E-state index contributed by atoms with van der Waals surface area (Å²) in [5, 5.41) is 9.76. The van der Waals surface area contributed by atoms with Gasteiger partial charge < -0.3 is 14.8 Å². The third-order valence-corrected chi connectivity index (χ3v) is 2.12. The molecule has 4 nitrogen and oxygen atoms in total. The molecule has 0 spiro atoms. The summed E-state index contributed by atoms with van der Waals surface area (Å²) in [6.45, 7) is 2.64. The molecule has 4 heteroatoms. The molecule has 2 unspecified atom stereocenters. The number of rotatable bonds is 5. The van der Waals surface area contributed by atoms with E-state index in [9.17, 15) is 5.11 Å². The highest BCUT2D eigenvalue weighted by atomic mass is 16.5. The summed E-state index contributed by atoms with van der Waals surface area (Å²) in [5.74, 6) is 0.787. The SMILES string of the molecule is COCCC(C)C(O)c1ncc[nH]1. The minimum atomic E-state index is -0.523. The smallest absolute Gasteiger partial charge is 0.135 e. The van der Waals surface area contributed by atoms with Crippen molar-refractivity contribution in [1.29, 1.82) is 0 Å². The van der Waals surface area contributed by atoms with Gasteiger partial charge in [-0.15, -0.1) is 0 Å². The van der Waals surface area contributed by atoms with E-state index < -0.39 is 6.10 Å². The minimum Gasteiger partial charge on any atom is -0.385 e. The Morgan fingerprint density at radius 2 is 2.46 bits per heavy atom. The first-order valence-electron chi connectivity index (χ1n) is 4.42. The lowest BCUT2D eigenvalue weighted by Gasteiger charge is -2.15. The van der Waals surface area contributed by atoms with Crippen molar-refractivity contribution in [1.82, 2.24) is 9.97 Å². The van der Waals surface area contributed by atoms with Crippen molar-refractivity contribution in [2.75, 3.05) is 13.7 Å². The van der Waals surface area contributed by atoms with E-state index in [2.05, 4.69) is 9.97 Å². The third-order valence-electron chi connectivity index (χ3n) is 2.12. The summed E-state index contributed by atoms with van der Waals surface area (Å²) in [4.78, 5) is 6.89. The number of ether oxygens (including phenoxy) is 1. The first-order valence-corrected chi connectivity index (χ1v) is 4.42. The van der Waals surface area contributed by atoms with Gasteiger partial charge in [0.15, 0.2) is 0 Å². The number of nitrogens with one attached hydrogen (secondary N) is 1. The molecule has 13 heavy (non-hydrogen) atoms. The van der Waals surface area contributed by atoms with Gasteiger partial charge in [0.05, 0.1) is 0 Å². The Kier molecular flexibility index (Phi) is 3.92. The molecule has 0 aliphatic heterocycles. The maximum Gasteiger partial charge on any atom is 0.135 e. The van der Waals surface area contributed by atoms with Crippen molar-refractivity contribution in [3.63, 3.8) is 0 Å². The van der Waals surface area contributed by atoms with Gasteiger partial charge in [0.1, 0.15) is 11.9 Å². The molecule has 0 fully saturated rings. The van der Waals surface area contributed by atoms with Gasteiger partial charge in [-0.2, -0.15) is 0 Å². The molecule has 0 aromatic carbocycles. The summed E-state index contributed by atoms with van der Waals surface area (Å²) in [5.41, 5.74) is 0. The number of hydrogen-bond donors (Lipinski definition) is 2. The number of aliphatic hydroxyl groups is 1. The minimum absolute atomic E-state index is 0.158. The highest BCUT2D eigenvalue weighted by Gasteiger charge is 2.17. The van der Waals surface area contributed by atoms with Crippen molar-refractivity contribution in [2.45, 2.75) is 19.4 Å². The van der Waals surface area contributed by atoms with Gasteiger partial charge in [-0.25, -0.2) is 4.98 Å². The molecule has 0 amide bonds. The molecule has 0 saturated carbocycles. The first-order chi connectivity index (χ1) is 6.25. The number of methoxy groups -OCH3 is 1. The Morgan fingerprint density at radius 3 is 3.00 bits per heavy atom. The Labute approximate surface area is 78.0 Å². The largest absolute Gasteiger partial charge is 0.385 e. The molecule has 1 aromatic heterocycles. The van der Waals surface area contributed by atoms with Gasteiger partial charge in [0.25, 0.3) is 0 Å². The van der Waals surface area contributed by atoms with E-state index in [-0.39, 0.29) is 5.92 Å². The Hall–Kier alpha value is -0.870. The number of imidazole rings is 1. The molecule has 74 valence electrons. The van der Waals surface area contributed by atoms with E-state index in [1.54, 1.807) is 19.5 Å². The number of aliphatic hydroxyl groups excluding tert-OH is 1. The number of hydrogen-bond acceptors (Lipinski definition) is 3. The summed E-state index contributed by atoms with van der Waals surface area (Å²) in [6, 6.07) is 0. The first kappa shape index (κ1) is 10.2. The zero-order valence-corrected chi connectivity index (χ0v) is 8.03. The quantitative estimate of drug-likeness (QED) is 0.720. The molecule has 1 heterocycles. The maximum atomic E-state index is 9.76. The fourth-order valence-corrected chi connectivity index (χ4v) is 1.17. The second-order valence-electron chi connectivity index (χ2n) is 3.18. The second-order valence-corrected chi connectivity index (χ2v) is 3.18. The molecule has 2 atom stereocenters. The fourth-order valence-electron chi connectivity index (χ4n) is 1.17. The van der Waals surface area contributed by atoms with E-state index in [1.807, 2.05) is 6.92 Å². The molecule has 2 N–H and O–H groups in total. The molecule has 0 radical (unpaired) electrons. The Morgan fingerprint density at radius 1 is 1.69 bits per heavy atom. The van der Waals surface area contributed by atoms with Crippen LogP contribution in [-0.4, -0.2) is 28.8 Å².